The second kappa shape index (κ2) is 11.5. The van der Waals surface area contributed by atoms with E-state index in [9.17, 15) is 4.79 Å². The first kappa shape index (κ1) is 24.4. The number of carbonyl (C=O) groups is 1. The SMILES string of the molecule is C=CCn1c(SCC(=O)N(CCC#N)c2ccc(Cl)c(C)c2)nnc1-c1ccccc1OC. The van der Waals surface area contributed by atoms with E-state index in [4.69, 9.17) is 21.6 Å². The first-order valence-electron chi connectivity index (χ1n) is 10.2. The van der Waals surface area contributed by atoms with Crippen LogP contribution < -0.4 is 9.64 Å². The van der Waals surface area contributed by atoms with Gasteiger partial charge >= 0.3 is 0 Å². The van der Waals surface area contributed by atoms with E-state index in [0.717, 1.165) is 11.1 Å². The molecular formula is C24H24ClN5O2S. The number of halogens is 1. The lowest BCUT2D eigenvalue weighted by Crippen LogP contribution is -2.33. The molecule has 0 radical (unpaired) electrons. The van der Waals surface area contributed by atoms with Crippen molar-refractivity contribution in [1.82, 2.24) is 14.8 Å². The molecule has 1 aromatic heterocycles. The van der Waals surface area contributed by atoms with Crippen LogP contribution in [0.3, 0.4) is 0 Å². The van der Waals surface area contributed by atoms with Crippen molar-refractivity contribution < 1.29 is 9.53 Å². The summed E-state index contributed by atoms with van der Waals surface area (Å²) in [5.41, 5.74) is 2.38. The van der Waals surface area contributed by atoms with Crippen LogP contribution in [0.15, 0.2) is 60.3 Å². The Hall–Kier alpha value is -3.28. The minimum Gasteiger partial charge on any atom is -0.496 e. The minimum atomic E-state index is -0.135. The molecule has 0 aliphatic carbocycles. The highest BCUT2D eigenvalue weighted by Crippen LogP contribution is 2.31. The summed E-state index contributed by atoms with van der Waals surface area (Å²) in [5, 5.41) is 18.9. The van der Waals surface area contributed by atoms with E-state index in [-0.39, 0.29) is 18.1 Å². The van der Waals surface area contributed by atoms with Crippen molar-refractivity contribution in [2.75, 3.05) is 24.3 Å². The molecule has 2 aromatic carbocycles. The van der Waals surface area contributed by atoms with Crippen molar-refractivity contribution in [3.8, 4) is 23.2 Å². The third-order valence-corrected chi connectivity index (χ3v) is 6.28. The van der Waals surface area contributed by atoms with Gasteiger partial charge in [-0.05, 0) is 42.8 Å². The van der Waals surface area contributed by atoms with Crippen molar-refractivity contribution in [3.63, 3.8) is 0 Å². The molecule has 1 heterocycles. The van der Waals surface area contributed by atoms with Crippen LogP contribution in [0.2, 0.25) is 5.02 Å². The van der Waals surface area contributed by atoms with Gasteiger partial charge in [-0.2, -0.15) is 5.26 Å². The number of methoxy groups -OCH3 is 1. The molecule has 0 saturated carbocycles. The Morgan fingerprint density at radius 3 is 2.82 bits per heavy atom. The fourth-order valence-corrected chi connectivity index (χ4v) is 4.22. The van der Waals surface area contributed by atoms with E-state index >= 15 is 0 Å². The summed E-state index contributed by atoms with van der Waals surface area (Å²) in [4.78, 5) is 14.7. The molecule has 33 heavy (non-hydrogen) atoms. The maximum Gasteiger partial charge on any atom is 0.237 e. The highest BCUT2D eigenvalue weighted by Gasteiger charge is 2.21. The average molecular weight is 482 g/mol. The van der Waals surface area contributed by atoms with Crippen LogP contribution >= 0.6 is 23.4 Å². The lowest BCUT2D eigenvalue weighted by Gasteiger charge is -2.22. The number of rotatable bonds is 10. The number of carbonyl (C=O) groups excluding carboxylic acids is 1. The predicted molar refractivity (Wildman–Crippen MR) is 132 cm³/mol. The zero-order valence-corrected chi connectivity index (χ0v) is 20.1. The summed E-state index contributed by atoms with van der Waals surface area (Å²) in [6.45, 7) is 6.48. The number of hydrogen-bond acceptors (Lipinski definition) is 6. The molecule has 7 nitrogen and oxygen atoms in total. The van der Waals surface area contributed by atoms with E-state index < -0.39 is 0 Å². The smallest absolute Gasteiger partial charge is 0.237 e. The van der Waals surface area contributed by atoms with Gasteiger partial charge < -0.3 is 9.64 Å². The van der Waals surface area contributed by atoms with Gasteiger partial charge in [0.15, 0.2) is 11.0 Å². The fraction of sp³-hybridized carbons (Fsp3) is 0.250. The van der Waals surface area contributed by atoms with Gasteiger partial charge in [0.25, 0.3) is 0 Å². The topological polar surface area (TPSA) is 84.0 Å². The monoisotopic (exact) mass is 481 g/mol. The number of para-hydroxylation sites is 1. The molecule has 0 spiro atoms. The Kier molecular flexibility index (Phi) is 8.52. The zero-order valence-electron chi connectivity index (χ0n) is 18.5. The Bertz CT molecular complexity index is 1190. The molecule has 0 N–H and O–H groups in total. The van der Waals surface area contributed by atoms with Gasteiger partial charge in [-0.15, -0.1) is 16.8 Å². The van der Waals surface area contributed by atoms with Gasteiger partial charge in [0.1, 0.15) is 5.75 Å². The Morgan fingerprint density at radius 2 is 2.12 bits per heavy atom. The first-order chi connectivity index (χ1) is 16.0. The van der Waals surface area contributed by atoms with Crippen LogP contribution in [0, 0.1) is 18.3 Å². The van der Waals surface area contributed by atoms with Gasteiger partial charge in [-0.1, -0.05) is 41.6 Å². The lowest BCUT2D eigenvalue weighted by molar-refractivity contribution is -0.116. The van der Waals surface area contributed by atoms with Crippen molar-refractivity contribution in [2.45, 2.75) is 25.0 Å². The van der Waals surface area contributed by atoms with Crippen LogP contribution in [0.4, 0.5) is 5.69 Å². The van der Waals surface area contributed by atoms with Gasteiger partial charge in [0, 0.05) is 23.8 Å². The molecule has 9 heteroatoms. The predicted octanol–water partition coefficient (Wildman–Crippen LogP) is 5.14. The van der Waals surface area contributed by atoms with E-state index in [1.807, 2.05) is 41.8 Å². The Labute approximate surface area is 202 Å². The Balaban J connectivity index is 1.84. The number of amides is 1. The molecule has 0 aliphatic rings. The third kappa shape index (κ3) is 5.75. The fourth-order valence-electron chi connectivity index (χ4n) is 3.28. The standard InChI is InChI=1S/C24H24ClN5O2S/c1-4-13-30-23(19-8-5-6-9-21(19)32-3)27-28-24(30)33-16-22(31)29(14-7-12-26)18-10-11-20(25)17(2)15-18/h4-6,8-11,15H,1,7,13-14,16H2,2-3H3. The third-order valence-electron chi connectivity index (χ3n) is 4.90. The molecule has 170 valence electrons. The molecule has 0 unspecified atom stereocenters. The normalized spacial score (nSPS) is 10.5. The molecule has 0 fully saturated rings. The van der Waals surface area contributed by atoms with Gasteiger partial charge in [0.2, 0.25) is 5.91 Å². The second-order valence-electron chi connectivity index (χ2n) is 7.08. The maximum atomic E-state index is 13.1. The van der Waals surface area contributed by atoms with Crippen molar-refractivity contribution in [2.24, 2.45) is 0 Å². The number of ether oxygens (including phenoxy) is 1. The molecular weight excluding hydrogens is 458 g/mol. The highest BCUT2D eigenvalue weighted by atomic mass is 35.5. The summed E-state index contributed by atoms with van der Waals surface area (Å²) < 4.78 is 7.36. The number of hydrogen-bond donors (Lipinski definition) is 0. The van der Waals surface area contributed by atoms with Crippen LogP contribution in [-0.4, -0.2) is 40.1 Å². The van der Waals surface area contributed by atoms with Crippen LogP contribution in [0.1, 0.15) is 12.0 Å². The van der Waals surface area contributed by atoms with Crippen molar-refractivity contribution >= 4 is 35.0 Å². The van der Waals surface area contributed by atoms with E-state index in [0.29, 0.717) is 40.5 Å². The number of anilines is 1. The largest absolute Gasteiger partial charge is 0.496 e. The van der Waals surface area contributed by atoms with Crippen LogP contribution in [0.25, 0.3) is 11.4 Å². The number of thioether (sulfide) groups is 1. The molecule has 1 amide bonds. The zero-order chi connectivity index (χ0) is 23.8. The van der Waals surface area contributed by atoms with Gasteiger partial charge in [0.05, 0.1) is 30.9 Å². The number of nitrogens with zero attached hydrogens (tertiary/aromatic N) is 5. The molecule has 0 atom stereocenters. The molecule has 3 rings (SSSR count). The minimum absolute atomic E-state index is 0.133. The van der Waals surface area contributed by atoms with E-state index in [1.165, 1.54) is 11.8 Å². The molecule has 0 saturated heterocycles. The van der Waals surface area contributed by atoms with Gasteiger partial charge in [-0.25, -0.2) is 0 Å². The van der Waals surface area contributed by atoms with Crippen LogP contribution in [-0.2, 0) is 11.3 Å². The van der Waals surface area contributed by atoms with Gasteiger partial charge in [-0.3, -0.25) is 9.36 Å². The second-order valence-corrected chi connectivity index (χ2v) is 8.43. The van der Waals surface area contributed by atoms with Crippen molar-refractivity contribution in [3.05, 3.63) is 65.7 Å². The number of allylic oxidation sites excluding steroid dienone is 1. The van der Waals surface area contributed by atoms with E-state index in [2.05, 4.69) is 22.8 Å². The van der Waals surface area contributed by atoms with E-state index in [1.54, 1.807) is 30.2 Å². The molecule has 0 bridgehead atoms. The maximum absolute atomic E-state index is 13.1. The quantitative estimate of drug-likeness (QED) is 0.294. The van der Waals surface area contributed by atoms with Crippen LogP contribution in [0.5, 0.6) is 5.75 Å². The Morgan fingerprint density at radius 1 is 1.33 bits per heavy atom. The average Bonchev–Trinajstić information content (AvgIpc) is 3.22. The number of aromatic nitrogens is 3. The number of benzene rings is 2. The summed E-state index contributed by atoms with van der Waals surface area (Å²) in [6, 6.07) is 15.1. The molecule has 3 aromatic rings. The molecule has 0 aliphatic heterocycles. The number of aryl methyl sites for hydroxylation is 1. The highest BCUT2D eigenvalue weighted by molar-refractivity contribution is 7.99. The first-order valence-corrected chi connectivity index (χ1v) is 11.6. The summed E-state index contributed by atoms with van der Waals surface area (Å²) in [7, 11) is 1.61. The summed E-state index contributed by atoms with van der Waals surface area (Å²) in [5.74, 6) is 1.32. The summed E-state index contributed by atoms with van der Waals surface area (Å²) in [6.07, 6.45) is 1.98. The lowest BCUT2D eigenvalue weighted by atomic mass is 10.2. The summed E-state index contributed by atoms with van der Waals surface area (Å²) >= 11 is 7.43. The number of nitriles is 1. The van der Waals surface area contributed by atoms with Crippen molar-refractivity contribution in [1.29, 1.82) is 5.26 Å².